The van der Waals surface area contributed by atoms with Crippen LogP contribution < -0.4 is 9.64 Å². The number of halogens is 1. The summed E-state index contributed by atoms with van der Waals surface area (Å²) in [5.74, 6) is 0.891. The van der Waals surface area contributed by atoms with Crippen molar-refractivity contribution in [3.05, 3.63) is 59.1 Å². The quantitative estimate of drug-likeness (QED) is 0.706. The molecule has 0 bridgehead atoms. The van der Waals surface area contributed by atoms with Crippen LogP contribution in [-0.4, -0.2) is 19.1 Å². The van der Waals surface area contributed by atoms with E-state index in [1.54, 1.807) is 4.90 Å². The smallest absolute Gasteiger partial charge is 0.230 e. The molecule has 0 saturated heterocycles. The Morgan fingerprint density at radius 3 is 2.65 bits per heavy atom. The highest BCUT2D eigenvalue weighted by Crippen LogP contribution is 2.50. The maximum absolute atomic E-state index is 13.1. The number of hydrogen-bond acceptors (Lipinski definition) is 3. The van der Waals surface area contributed by atoms with E-state index in [4.69, 9.17) is 21.6 Å². The zero-order valence-electron chi connectivity index (χ0n) is 14.7. The Hall–Kier alpha value is -2.51. The van der Waals surface area contributed by atoms with Gasteiger partial charge in [0.25, 0.3) is 0 Å². The second-order valence-electron chi connectivity index (χ2n) is 6.30. The van der Waals surface area contributed by atoms with Gasteiger partial charge in [-0.2, -0.15) is 5.26 Å². The van der Waals surface area contributed by atoms with E-state index >= 15 is 0 Å². The Morgan fingerprint density at radius 1 is 1.27 bits per heavy atom. The Kier molecular flexibility index (Phi) is 5.80. The van der Waals surface area contributed by atoms with Gasteiger partial charge in [0.2, 0.25) is 5.91 Å². The summed E-state index contributed by atoms with van der Waals surface area (Å²) in [6.45, 7) is 2.91. The van der Waals surface area contributed by atoms with Gasteiger partial charge in [-0.25, -0.2) is 0 Å². The third-order valence-electron chi connectivity index (χ3n) is 4.58. The summed E-state index contributed by atoms with van der Waals surface area (Å²) < 4.78 is 5.46. The Balaban J connectivity index is 1.77. The number of carbonyl (C=O) groups is 1. The molecule has 0 N–H and O–H groups in total. The average Bonchev–Trinajstić information content (AvgIpc) is 3.44. The molecule has 1 amide bonds. The summed E-state index contributed by atoms with van der Waals surface area (Å²) in [5, 5.41) is 9.66. The summed E-state index contributed by atoms with van der Waals surface area (Å²) in [6.07, 6.45) is 1.09. The molecule has 0 heterocycles. The number of hydrogen-bond donors (Lipinski definition) is 0. The molecule has 4 nitrogen and oxygen atoms in total. The number of ether oxygens (including phenoxy) is 1. The maximum atomic E-state index is 13.1. The van der Waals surface area contributed by atoms with Gasteiger partial charge < -0.3 is 9.64 Å². The molecular weight excluding hydrogens is 348 g/mol. The first-order valence-corrected chi connectivity index (χ1v) is 9.19. The second kappa shape index (κ2) is 8.25. The van der Waals surface area contributed by atoms with Crippen LogP contribution in [0.2, 0.25) is 5.02 Å². The van der Waals surface area contributed by atoms with Gasteiger partial charge in [0.15, 0.2) is 0 Å². The molecular formula is C21H21ClN2O2. The van der Waals surface area contributed by atoms with Crippen molar-refractivity contribution >= 4 is 23.2 Å². The van der Waals surface area contributed by atoms with Gasteiger partial charge in [0.05, 0.1) is 19.1 Å². The Bertz CT molecular complexity index is 814. The van der Waals surface area contributed by atoms with Crippen LogP contribution in [0.25, 0.3) is 0 Å². The monoisotopic (exact) mass is 368 g/mol. The standard InChI is InChI=1S/C21H21ClN2O2/c1-2-26-16-10-8-15(9-11-16)24(13-5-12-23)21(25)19-14-18(19)17-6-3-4-7-20(17)22/h3-4,6-11,18-19H,2,5,13-14H2,1H3. The molecule has 1 aliphatic carbocycles. The Labute approximate surface area is 158 Å². The van der Waals surface area contributed by atoms with Crippen molar-refractivity contribution in [3.63, 3.8) is 0 Å². The molecule has 1 aliphatic rings. The third kappa shape index (κ3) is 4.00. The van der Waals surface area contributed by atoms with E-state index < -0.39 is 0 Å². The molecule has 1 saturated carbocycles. The number of amides is 1. The lowest BCUT2D eigenvalue weighted by molar-refractivity contribution is -0.119. The van der Waals surface area contributed by atoms with Gasteiger partial charge in [-0.3, -0.25) is 4.79 Å². The lowest BCUT2D eigenvalue weighted by Crippen LogP contribution is -2.33. The number of carbonyl (C=O) groups excluding carboxylic acids is 1. The van der Waals surface area contributed by atoms with E-state index in [9.17, 15) is 4.79 Å². The zero-order chi connectivity index (χ0) is 18.5. The highest BCUT2D eigenvalue weighted by atomic mass is 35.5. The van der Waals surface area contributed by atoms with Crippen LogP contribution in [0, 0.1) is 17.2 Å². The molecule has 2 atom stereocenters. The molecule has 5 heteroatoms. The molecule has 0 aliphatic heterocycles. The van der Waals surface area contributed by atoms with Gasteiger partial charge in [0, 0.05) is 23.2 Å². The molecule has 0 radical (unpaired) electrons. The number of anilines is 1. The van der Waals surface area contributed by atoms with Gasteiger partial charge in [0.1, 0.15) is 5.75 Å². The van der Waals surface area contributed by atoms with Crippen molar-refractivity contribution in [3.8, 4) is 11.8 Å². The molecule has 0 aromatic heterocycles. The van der Waals surface area contributed by atoms with Crippen LogP contribution in [0.1, 0.15) is 31.2 Å². The van der Waals surface area contributed by atoms with Crippen molar-refractivity contribution in [1.29, 1.82) is 5.26 Å². The summed E-state index contributed by atoms with van der Waals surface area (Å²) in [5.41, 5.74) is 1.82. The molecule has 0 spiro atoms. The number of rotatable bonds is 7. The van der Waals surface area contributed by atoms with Crippen molar-refractivity contribution < 1.29 is 9.53 Å². The molecule has 3 rings (SSSR count). The highest BCUT2D eigenvalue weighted by molar-refractivity contribution is 6.31. The lowest BCUT2D eigenvalue weighted by Gasteiger charge is -2.22. The van der Waals surface area contributed by atoms with E-state index in [-0.39, 0.29) is 17.7 Å². The molecule has 26 heavy (non-hydrogen) atoms. The van der Waals surface area contributed by atoms with E-state index in [2.05, 4.69) is 6.07 Å². The lowest BCUT2D eigenvalue weighted by atomic mass is 10.1. The first-order valence-electron chi connectivity index (χ1n) is 8.81. The highest BCUT2D eigenvalue weighted by Gasteiger charge is 2.46. The molecule has 2 aromatic rings. The minimum Gasteiger partial charge on any atom is -0.494 e. The van der Waals surface area contributed by atoms with Gasteiger partial charge in [-0.1, -0.05) is 29.8 Å². The van der Waals surface area contributed by atoms with Crippen LogP contribution in [0.15, 0.2) is 48.5 Å². The SMILES string of the molecule is CCOc1ccc(N(CCC#N)C(=O)C2CC2c2ccccc2Cl)cc1. The molecule has 134 valence electrons. The van der Waals surface area contributed by atoms with Crippen LogP contribution in [0.5, 0.6) is 5.75 Å². The predicted molar refractivity (Wildman–Crippen MR) is 102 cm³/mol. The number of nitriles is 1. The number of benzene rings is 2. The van der Waals surface area contributed by atoms with Crippen molar-refractivity contribution in [1.82, 2.24) is 0 Å². The summed E-state index contributed by atoms with van der Waals surface area (Å²) in [7, 11) is 0. The van der Waals surface area contributed by atoms with E-state index in [1.165, 1.54) is 0 Å². The normalized spacial score (nSPS) is 18.0. The fourth-order valence-electron chi connectivity index (χ4n) is 3.20. The minimum atomic E-state index is -0.0832. The van der Waals surface area contributed by atoms with Crippen LogP contribution >= 0.6 is 11.6 Å². The van der Waals surface area contributed by atoms with Crippen LogP contribution in [-0.2, 0) is 4.79 Å². The van der Waals surface area contributed by atoms with Crippen LogP contribution in [0.3, 0.4) is 0 Å². The van der Waals surface area contributed by atoms with Gasteiger partial charge >= 0.3 is 0 Å². The first kappa shape index (κ1) is 18.3. The molecule has 2 aromatic carbocycles. The maximum Gasteiger partial charge on any atom is 0.230 e. The minimum absolute atomic E-state index is 0.0503. The molecule has 2 unspecified atom stereocenters. The van der Waals surface area contributed by atoms with Crippen molar-refractivity contribution in [2.75, 3.05) is 18.1 Å². The predicted octanol–water partition coefficient (Wildman–Crippen LogP) is 4.79. The Morgan fingerprint density at radius 2 is 2.00 bits per heavy atom. The summed E-state index contributed by atoms with van der Waals surface area (Å²) >= 11 is 6.27. The summed E-state index contributed by atoms with van der Waals surface area (Å²) in [4.78, 5) is 14.8. The largest absolute Gasteiger partial charge is 0.494 e. The first-order chi connectivity index (χ1) is 12.7. The van der Waals surface area contributed by atoms with Gasteiger partial charge in [-0.15, -0.1) is 0 Å². The fraction of sp³-hybridized carbons (Fsp3) is 0.333. The van der Waals surface area contributed by atoms with Crippen molar-refractivity contribution in [2.45, 2.75) is 25.7 Å². The average molecular weight is 369 g/mol. The second-order valence-corrected chi connectivity index (χ2v) is 6.70. The van der Waals surface area contributed by atoms with E-state index in [1.807, 2.05) is 55.5 Å². The fourth-order valence-corrected chi connectivity index (χ4v) is 3.48. The zero-order valence-corrected chi connectivity index (χ0v) is 15.4. The van der Waals surface area contributed by atoms with Crippen LogP contribution in [0.4, 0.5) is 5.69 Å². The van der Waals surface area contributed by atoms with E-state index in [0.717, 1.165) is 23.4 Å². The third-order valence-corrected chi connectivity index (χ3v) is 4.93. The topological polar surface area (TPSA) is 53.3 Å². The number of nitrogens with zero attached hydrogens (tertiary/aromatic N) is 2. The van der Waals surface area contributed by atoms with Gasteiger partial charge in [-0.05, 0) is 55.2 Å². The van der Waals surface area contributed by atoms with Crippen molar-refractivity contribution in [2.24, 2.45) is 5.92 Å². The van der Waals surface area contributed by atoms with E-state index in [0.29, 0.717) is 24.6 Å². The summed E-state index contributed by atoms with van der Waals surface area (Å²) in [6, 6.07) is 17.2. The molecule has 1 fully saturated rings.